The van der Waals surface area contributed by atoms with Gasteiger partial charge in [0.1, 0.15) is 0 Å². The molecule has 0 unspecified atom stereocenters. The van der Waals surface area contributed by atoms with Crippen molar-refractivity contribution in [2.75, 3.05) is 32.8 Å². The molecule has 1 saturated carbocycles. The van der Waals surface area contributed by atoms with E-state index in [4.69, 9.17) is 9.84 Å². The molecule has 3 rings (SSSR count). The monoisotopic (exact) mass is 382 g/mol. The van der Waals surface area contributed by atoms with Gasteiger partial charge < -0.3 is 9.84 Å². The predicted molar refractivity (Wildman–Crippen MR) is 96.8 cm³/mol. The molecule has 0 radical (unpaired) electrons. The van der Waals surface area contributed by atoms with Crippen LogP contribution in [0.4, 0.5) is 0 Å². The van der Waals surface area contributed by atoms with Crippen LogP contribution >= 0.6 is 0 Å². The zero-order chi connectivity index (χ0) is 18.6. The Kier molecular flexibility index (Phi) is 5.96. The lowest BCUT2D eigenvalue weighted by atomic mass is 9.80. The molecule has 2 aliphatic rings. The average Bonchev–Trinajstić information content (AvgIpc) is 2.68. The summed E-state index contributed by atoms with van der Waals surface area (Å²) in [7, 11) is -3.76. The summed E-state index contributed by atoms with van der Waals surface area (Å²) in [6.07, 6.45) is 5.29. The Morgan fingerprint density at radius 3 is 2.54 bits per heavy atom. The zero-order valence-corrected chi connectivity index (χ0v) is 15.6. The largest absolute Gasteiger partial charge is 0.478 e. The number of hydrogen-bond donors (Lipinski definition) is 2. The van der Waals surface area contributed by atoms with E-state index in [1.165, 1.54) is 30.7 Å². The summed E-state index contributed by atoms with van der Waals surface area (Å²) < 4.78 is 33.7. The summed E-state index contributed by atoms with van der Waals surface area (Å²) in [5.41, 5.74) is -0.215. The van der Waals surface area contributed by atoms with Crippen molar-refractivity contribution in [1.82, 2.24) is 9.62 Å². The van der Waals surface area contributed by atoms with E-state index in [1.54, 1.807) is 0 Å². The van der Waals surface area contributed by atoms with Crippen molar-refractivity contribution in [3.8, 4) is 0 Å². The lowest BCUT2D eigenvalue weighted by Crippen LogP contribution is -2.59. The summed E-state index contributed by atoms with van der Waals surface area (Å²) in [6, 6.07) is 5.47. The van der Waals surface area contributed by atoms with Crippen LogP contribution in [-0.4, -0.2) is 62.8 Å². The van der Waals surface area contributed by atoms with Gasteiger partial charge in [-0.05, 0) is 31.0 Å². The van der Waals surface area contributed by atoms with E-state index in [0.717, 1.165) is 38.8 Å². The van der Waals surface area contributed by atoms with E-state index < -0.39 is 16.0 Å². The van der Waals surface area contributed by atoms with Gasteiger partial charge >= 0.3 is 5.97 Å². The van der Waals surface area contributed by atoms with Crippen LogP contribution in [0.3, 0.4) is 0 Å². The van der Waals surface area contributed by atoms with Crippen molar-refractivity contribution < 1.29 is 23.1 Å². The van der Waals surface area contributed by atoms with Crippen molar-refractivity contribution >= 4 is 16.0 Å². The SMILES string of the molecule is O=C(O)c1cccc(S(=O)(=O)NCC2(N3CCOCC3)CCCCC2)c1. The molecule has 1 saturated heterocycles. The molecule has 2 N–H and O–H groups in total. The number of aromatic carboxylic acids is 1. The summed E-state index contributed by atoms with van der Waals surface area (Å²) in [5, 5.41) is 9.09. The molecule has 1 aliphatic carbocycles. The minimum atomic E-state index is -3.76. The van der Waals surface area contributed by atoms with Gasteiger partial charge in [0.2, 0.25) is 10.0 Å². The Bertz CT molecular complexity index is 738. The van der Waals surface area contributed by atoms with Crippen LogP contribution in [0.1, 0.15) is 42.5 Å². The molecule has 1 heterocycles. The first-order valence-electron chi connectivity index (χ1n) is 9.09. The van der Waals surface area contributed by atoms with Crippen LogP contribution in [0, 0.1) is 0 Å². The maximum atomic E-state index is 12.7. The molecule has 0 aromatic heterocycles. The van der Waals surface area contributed by atoms with E-state index in [9.17, 15) is 13.2 Å². The topological polar surface area (TPSA) is 95.9 Å². The second kappa shape index (κ2) is 8.04. The quantitative estimate of drug-likeness (QED) is 0.777. The number of carboxylic acids is 1. The number of benzene rings is 1. The number of sulfonamides is 1. The van der Waals surface area contributed by atoms with Gasteiger partial charge in [0, 0.05) is 25.2 Å². The molecule has 0 atom stereocenters. The Hall–Kier alpha value is -1.48. The molecule has 144 valence electrons. The molecule has 7 nitrogen and oxygen atoms in total. The first-order valence-corrected chi connectivity index (χ1v) is 10.6. The summed E-state index contributed by atoms with van der Waals surface area (Å²) in [6.45, 7) is 3.32. The average molecular weight is 382 g/mol. The van der Waals surface area contributed by atoms with Crippen LogP contribution in [0.2, 0.25) is 0 Å². The molecule has 1 aromatic rings. The van der Waals surface area contributed by atoms with Crippen molar-refractivity contribution in [3.63, 3.8) is 0 Å². The van der Waals surface area contributed by atoms with E-state index in [-0.39, 0.29) is 16.0 Å². The number of nitrogens with one attached hydrogen (secondary N) is 1. The maximum absolute atomic E-state index is 12.7. The number of carbonyl (C=O) groups is 1. The highest BCUT2D eigenvalue weighted by atomic mass is 32.2. The lowest BCUT2D eigenvalue weighted by molar-refractivity contribution is -0.0348. The second-order valence-corrected chi connectivity index (χ2v) is 8.81. The summed E-state index contributed by atoms with van der Waals surface area (Å²) >= 11 is 0. The third-order valence-corrected chi connectivity index (χ3v) is 6.85. The Morgan fingerprint density at radius 2 is 1.88 bits per heavy atom. The third-order valence-electron chi connectivity index (χ3n) is 5.45. The van der Waals surface area contributed by atoms with Gasteiger partial charge in [-0.1, -0.05) is 25.3 Å². The van der Waals surface area contributed by atoms with Crippen LogP contribution in [-0.2, 0) is 14.8 Å². The van der Waals surface area contributed by atoms with Crippen molar-refractivity contribution in [3.05, 3.63) is 29.8 Å². The second-order valence-electron chi connectivity index (χ2n) is 7.04. The predicted octanol–water partition coefficient (Wildman–Crippen LogP) is 1.70. The van der Waals surface area contributed by atoms with Crippen LogP contribution in [0.25, 0.3) is 0 Å². The normalized spacial score (nSPS) is 21.4. The van der Waals surface area contributed by atoms with Crippen molar-refractivity contribution in [2.24, 2.45) is 0 Å². The van der Waals surface area contributed by atoms with Gasteiger partial charge in [0.05, 0.1) is 23.7 Å². The molecule has 0 spiro atoms. The molecule has 2 fully saturated rings. The fourth-order valence-corrected chi connectivity index (χ4v) is 5.13. The Balaban J connectivity index is 1.77. The molecule has 1 aromatic carbocycles. The smallest absolute Gasteiger partial charge is 0.335 e. The van der Waals surface area contributed by atoms with E-state index in [2.05, 4.69) is 9.62 Å². The van der Waals surface area contributed by atoms with E-state index >= 15 is 0 Å². The Labute approximate surface area is 154 Å². The van der Waals surface area contributed by atoms with Gasteiger partial charge in [0.25, 0.3) is 0 Å². The van der Waals surface area contributed by atoms with Crippen molar-refractivity contribution in [2.45, 2.75) is 42.5 Å². The Morgan fingerprint density at radius 1 is 1.19 bits per heavy atom. The molecular formula is C18H26N2O5S. The number of carboxylic acid groups (broad SMARTS) is 1. The highest BCUT2D eigenvalue weighted by molar-refractivity contribution is 7.89. The first-order chi connectivity index (χ1) is 12.4. The first kappa shape index (κ1) is 19.3. The number of hydrogen-bond acceptors (Lipinski definition) is 5. The molecule has 0 bridgehead atoms. The van der Waals surface area contributed by atoms with Gasteiger partial charge in [-0.15, -0.1) is 0 Å². The highest BCUT2D eigenvalue weighted by Gasteiger charge is 2.39. The lowest BCUT2D eigenvalue weighted by Gasteiger charge is -2.48. The fourth-order valence-electron chi connectivity index (χ4n) is 3.96. The van der Waals surface area contributed by atoms with Gasteiger partial charge in [0.15, 0.2) is 0 Å². The summed E-state index contributed by atoms with van der Waals surface area (Å²) in [5.74, 6) is -1.14. The number of nitrogens with zero attached hydrogens (tertiary/aromatic N) is 1. The molecule has 1 aliphatic heterocycles. The van der Waals surface area contributed by atoms with Crippen LogP contribution in [0.5, 0.6) is 0 Å². The number of ether oxygens (including phenoxy) is 1. The third kappa shape index (κ3) is 4.25. The molecule has 26 heavy (non-hydrogen) atoms. The standard InChI is InChI=1S/C18H26N2O5S/c21-17(22)15-5-4-6-16(13-15)26(23,24)19-14-18(7-2-1-3-8-18)20-9-11-25-12-10-20/h4-6,13,19H,1-3,7-12,14H2,(H,21,22). The highest BCUT2D eigenvalue weighted by Crippen LogP contribution is 2.34. The minimum Gasteiger partial charge on any atom is -0.478 e. The minimum absolute atomic E-state index is 0.00895. The van der Waals surface area contributed by atoms with Gasteiger partial charge in [-0.25, -0.2) is 17.9 Å². The van der Waals surface area contributed by atoms with Crippen LogP contribution < -0.4 is 4.72 Å². The van der Waals surface area contributed by atoms with E-state index in [0.29, 0.717) is 19.8 Å². The van der Waals surface area contributed by atoms with Gasteiger partial charge in [-0.3, -0.25) is 4.90 Å². The van der Waals surface area contributed by atoms with Crippen LogP contribution in [0.15, 0.2) is 29.2 Å². The molecule has 0 amide bonds. The van der Waals surface area contributed by atoms with Gasteiger partial charge in [-0.2, -0.15) is 0 Å². The zero-order valence-electron chi connectivity index (χ0n) is 14.8. The van der Waals surface area contributed by atoms with Crippen molar-refractivity contribution in [1.29, 1.82) is 0 Å². The number of rotatable bonds is 6. The molecular weight excluding hydrogens is 356 g/mol. The summed E-state index contributed by atoms with van der Waals surface area (Å²) in [4.78, 5) is 13.5. The number of morpholine rings is 1. The molecule has 8 heteroatoms. The fraction of sp³-hybridized carbons (Fsp3) is 0.611. The maximum Gasteiger partial charge on any atom is 0.335 e. The van der Waals surface area contributed by atoms with E-state index in [1.807, 2.05) is 0 Å².